The molecule has 1 aliphatic rings. The average Bonchev–Trinajstić information content (AvgIpc) is 2.50. The van der Waals surface area contributed by atoms with Crippen molar-refractivity contribution in [3.8, 4) is 0 Å². The maximum atomic E-state index is 9.06. The molecule has 1 rings (SSSR count). The van der Waals surface area contributed by atoms with Crippen molar-refractivity contribution in [2.75, 3.05) is 14.1 Å². The SMILES string of the molecule is C[C@H]([C]1[CH][CH][CH][C]1B(O)O)N(C)C. The summed E-state index contributed by atoms with van der Waals surface area (Å²) in [5.41, 5.74) is 0. The van der Waals surface area contributed by atoms with Gasteiger partial charge in [-0.25, -0.2) is 0 Å². The maximum absolute atomic E-state index is 9.06. The fraction of sp³-hybridized carbons (Fsp3) is 0.444. The second-order valence-electron chi connectivity index (χ2n) is 3.45. The Bertz CT molecular complexity index is 164. The Morgan fingerprint density at radius 3 is 2.38 bits per heavy atom. The van der Waals surface area contributed by atoms with E-state index in [-0.39, 0.29) is 6.04 Å². The molecule has 0 heterocycles. The maximum Gasteiger partial charge on any atom is 0.459 e. The van der Waals surface area contributed by atoms with E-state index in [9.17, 15) is 0 Å². The predicted molar refractivity (Wildman–Crippen MR) is 52.7 cm³/mol. The monoisotopic (exact) mass is 180 g/mol. The van der Waals surface area contributed by atoms with Crippen LogP contribution in [0.5, 0.6) is 0 Å². The molecule has 2 N–H and O–H groups in total. The minimum atomic E-state index is -1.37. The van der Waals surface area contributed by atoms with Gasteiger partial charge in [0.1, 0.15) is 0 Å². The summed E-state index contributed by atoms with van der Waals surface area (Å²) in [6, 6.07) is 0.201. The Labute approximate surface area is 80.9 Å². The van der Waals surface area contributed by atoms with Gasteiger partial charge < -0.3 is 14.9 Å². The summed E-state index contributed by atoms with van der Waals surface area (Å²) in [5, 5.41) is 18.1. The van der Waals surface area contributed by atoms with Crippen LogP contribution in [0.25, 0.3) is 0 Å². The molecule has 71 valence electrons. The first kappa shape index (κ1) is 11.0. The van der Waals surface area contributed by atoms with Crippen LogP contribution in [0.4, 0.5) is 0 Å². The Kier molecular flexibility index (Phi) is 3.77. The molecule has 0 aromatic carbocycles. The van der Waals surface area contributed by atoms with Gasteiger partial charge >= 0.3 is 7.12 Å². The van der Waals surface area contributed by atoms with Crippen molar-refractivity contribution in [3.63, 3.8) is 0 Å². The van der Waals surface area contributed by atoms with Crippen molar-refractivity contribution in [3.05, 3.63) is 31.0 Å². The molecule has 1 atom stereocenters. The van der Waals surface area contributed by atoms with Crippen LogP contribution in [0.15, 0.2) is 0 Å². The summed E-state index contributed by atoms with van der Waals surface area (Å²) in [6.45, 7) is 2.03. The molecule has 5 radical (unpaired) electrons. The van der Waals surface area contributed by atoms with Crippen molar-refractivity contribution in [1.82, 2.24) is 4.90 Å². The summed E-state index contributed by atoms with van der Waals surface area (Å²) in [7, 11) is 2.56. The van der Waals surface area contributed by atoms with Crippen molar-refractivity contribution < 1.29 is 10.0 Å². The van der Waals surface area contributed by atoms with E-state index < -0.39 is 7.12 Å². The molecule has 0 spiro atoms. The highest BCUT2D eigenvalue weighted by molar-refractivity contribution is 6.51. The lowest BCUT2D eigenvalue weighted by Gasteiger charge is -2.29. The summed E-state index contributed by atoms with van der Waals surface area (Å²) in [5.74, 6) is 1.57. The quantitative estimate of drug-likeness (QED) is 0.587. The number of hydrogen-bond acceptors (Lipinski definition) is 3. The molecular formula is C9H15BNO2. The summed E-state index contributed by atoms with van der Waals surface area (Å²) >= 11 is 0. The zero-order valence-electron chi connectivity index (χ0n) is 8.23. The number of nitrogens with zero attached hydrogens (tertiary/aromatic N) is 1. The zero-order valence-corrected chi connectivity index (χ0v) is 8.23. The third kappa shape index (κ3) is 2.45. The van der Waals surface area contributed by atoms with Gasteiger partial charge in [0.15, 0.2) is 0 Å². The first-order valence-electron chi connectivity index (χ1n) is 4.32. The van der Waals surface area contributed by atoms with Gasteiger partial charge in [-0.15, -0.1) is 0 Å². The van der Waals surface area contributed by atoms with Gasteiger partial charge in [-0.1, -0.05) is 0 Å². The molecule has 1 fully saturated rings. The zero-order chi connectivity index (χ0) is 10.0. The Balaban J connectivity index is 2.57. The first-order chi connectivity index (χ1) is 6.04. The third-order valence-corrected chi connectivity index (χ3v) is 2.39. The van der Waals surface area contributed by atoms with E-state index in [4.69, 9.17) is 10.0 Å². The van der Waals surface area contributed by atoms with E-state index >= 15 is 0 Å². The van der Waals surface area contributed by atoms with Crippen LogP contribution in [-0.4, -0.2) is 42.2 Å². The van der Waals surface area contributed by atoms with Gasteiger partial charge in [-0.2, -0.15) is 0 Å². The summed E-state index contributed by atoms with van der Waals surface area (Å²) < 4.78 is 0. The van der Waals surface area contributed by atoms with Crippen molar-refractivity contribution >= 4 is 7.12 Å². The minimum absolute atomic E-state index is 0.201. The Morgan fingerprint density at radius 2 is 1.92 bits per heavy atom. The lowest BCUT2D eigenvalue weighted by atomic mass is 9.65. The molecule has 1 saturated carbocycles. The molecule has 0 amide bonds. The third-order valence-electron chi connectivity index (χ3n) is 2.39. The van der Waals surface area contributed by atoms with Gasteiger partial charge in [0.2, 0.25) is 0 Å². The highest BCUT2D eigenvalue weighted by Gasteiger charge is 2.40. The Morgan fingerprint density at radius 1 is 1.31 bits per heavy atom. The highest BCUT2D eigenvalue weighted by atomic mass is 16.4. The fourth-order valence-electron chi connectivity index (χ4n) is 1.34. The standard InChI is InChI=1S/C9H15BNO2/c1-7(11(2)3)8-5-4-6-9(8)10(12)13/h4-7,12-13H,1-3H3/t7-/m1/s1. The van der Waals surface area contributed by atoms with Gasteiger partial charge in [0, 0.05) is 17.8 Å². The van der Waals surface area contributed by atoms with Crippen LogP contribution in [0, 0.1) is 31.0 Å². The van der Waals surface area contributed by atoms with E-state index in [2.05, 4.69) is 0 Å². The van der Waals surface area contributed by atoms with E-state index in [1.807, 2.05) is 38.8 Å². The van der Waals surface area contributed by atoms with Crippen LogP contribution in [0.1, 0.15) is 6.92 Å². The lowest BCUT2D eigenvalue weighted by Crippen LogP contribution is -2.37. The number of rotatable bonds is 3. The Hall–Kier alpha value is -0.0551. The molecule has 0 saturated heterocycles. The second-order valence-corrected chi connectivity index (χ2v) is 3.45. The molecule has 3 nitrogen and oxygen atoms in total. The van der Waals surface area contributed by atoms with Crippen molar-refractivity contribution in [2.45, 2.75) is 13.0 Å². The second kappa shape index (κ2) is 4.44. The average molecular weight is 180 g/mol. The fourth-order valence-corrected chi connectivity index (χ4v) is 1.34. The van der Waals surface area contributed by atoms with Crippen LogP contribution in [0.3, 0.4) is 0 Å². The molecule has 0 unspecified atom stereocenters. The largest absolute Gasteiger partial charge is 0.459 e. The molecular weight excluding hydrogens is 165 g/mol. The lowest BCUT2D eigenvalue weighted by molar-refractivity contribution is 0.327. The van der Waals surface area contributed by atoms with Crippen LogP contribution >= 0.6 is 0 Å². The molecule has 0 aliphatic heterocycles. The normalized spacial score (nSPS) is 22.6. The van der Waals surface area contributed by atoms with Crippen LogP contribution in [-0.2, 0) is 0 Å². The topological polar surface area (TPSA) is 43.7 Å². The smallest absolute Gasteiger partial charge is 0.427 e. The van der Waals surface area contributed by atoms with Gasteiger partial charge in [0.05, 0.1) is 0 Å². The predicted octanol–water partition coefficient (Wildman–Crippen LogP) is -0.276. The molecule has 0 aromatic rings. The van der Waals surface area contributed by atoms with Crippen molar-refractivity contribution in [2.24, 2.45) is 0 Å². The van der Waals surface area contributed by atoms with E-state index in [1.54, 1.807) is 6.42 Å². The van der Waals surface area contributed by atoms with Crippen LogP contribution in [0.2, 0.25) is 0 Å². The minimum Gasteiger partial charge on any atom is -0.427 e. The molecule has 13 heavy (non-hydrogen) atoms. The van der Waals surface area contributed by atoms with E-state index in [0.29, 0.717) is 5.82 Å². The molecule has 1 aliphatic carbocycles. The molecule has 0 aromatic heterocycles. The van der Waals surface area contributed by atoms with Crippen LogP contribution < -0.4 is 0 Å². The van der Waals surface area contributed by atoms with E-state index in [1.165, 1.54) is 0 Å². The summed E-state index contributed by atoms with van der Waals surface area (Å²) in [6.07, 6.45) is 5.49. The van der Waals surface area contributed by atoms with Gasteiger partial charge in [-0.05, 0) is 40.3 Å². The molecule has 0 bridgehead atoms. The highest BCUT2D eigenvalue weighted by Crippen LogP contribution is 2.37. The molecule has 4 heteroatoms. The number of hydrogen-bond donors (Lipinski definition) is 2. The first-order valence-corrected chi connectivity index (χ1v) is 4.32. The van der Waals surface area contributed by atoms with Crippen molar-refractivity contribution in [1.29, 1.82) is 0 Å². The van der Waals surface area contributed by atoms with Gasteiger partial charge in [-0.3, -0.25) is 0 Å². The van der Waals surface area contributed by atoms with E-state index in [0.717, 1.165) is 5.92 Å². The summed E-state index contributed by atoms with van der Waals surface area (Å²) in [4.78, 5) is 2.03. The van der Waals surface area contributed by atoms with Gasteiger partial charge in [0.25, 0.3) is 0 Å².